The molecule has 1 unspecified atom stereocenters. The Labute approximate surface area is 103 Å². The van der Waals surface area contributed by atoms with Crippen LogP contribution in [0.5, 0.6) is 5.75 Å². The summed E-state index contributed by atoms with van der Waals surface area (Å²) in [7, 11) is 1.67. The van der Waals surface area contributed by atoms with Gasteiger partial charge in [-0.15, -0.1) is 0 Å². The van der Waals surface area contributed by atoms with Gasteiger partial charge in [0.25, 0.3) is 0 Å². The lowest BCUT2D eigenvalue weighted by molar-refractivity contribution is 0.404. The van der Waals surface area contributed by atoms with Gasteiger partial charge < -0.3 is 10.1 Å². The molecule has 0 aliphatic rings. The lowest BCUT2D eigenvalue weighted by atomic mass is 10.1. The molecule has 0 aliphatic heterocycles. The van der Waals surface area contributed by atoms with Gasteiger partial charge in [-0.2, -0.15) is 0 Å². The van der Waals surface area contributed by atoms with E-state index in [2.05, 4.69) is 19.2 Å². The van der Waals surface area contributed by atoms with Gasteiger partial charge in [0.15, 0.2) is 0 Å². The Kier molecular flexibility index (Phi) is 5.64. The van der Waals surface area contributed by atoms with Crippen LogP contribution in [-0.4, -0.2) is 13.2 Å². The van der Waals surface area contributed by atoms with Crippen LogP contribution in [0.4, 0.5) is 0 Å². The molecule has 0 spiro atoms. The number of ether oxygens (including phenoxy) is 1. The summed E-state index contributed by atoms with van der Waals surface area (Å²) < 4.78 is 5.29. The van der Waals surface area contributed by atoms with E-state index in [-0.39, 0.29) is 0 Å². The first kappa shape index (κ1) is 13.3. The van der Waals surface area contributed by atoms with E-state index in [4.69, 9.17) is 16.3 Å². The van der Waals surface area contributed by atoms with Crippen LogP contribution in [0.1, 0.15) is 32.3 Å². The standard InChI is InChI=1S/C13H20ClNO/c1-4-6-10(2)15-9-11-12(14)7-5-8-13(11)16-3/h5,7-8,10,15H,4,6,9H2,1-3H3. The van der Waals surface area contributed by atoms with Crippen molar-refractivity contribution in [2.75, 3.05) is 7.11 Å². The van der Waals surface area contributed by atoms with Gasteiger partial charge in [-0.3, -0.25) is 0 Å². The van der Waals surface area contributed by atoms with Crippen LogP contribution in [-0.2, 0) is 6.54 Å². The van der Waals surface area contributed by atoms with E-state index in [0.717, 1.165) is 22.9 Å². The van der Waals surface area contributed by atoms with E-state index >= 15 is 0 Å². The van der Waals surface area contributed by atoms with E-state index < -0.39 is 0 Å². The Hall–Kier alpha value is -0.730. The number of hydrogen-bond acceptors (Lipinski definition) is 2. The molecule has 0 fully saturated rings. The number of rotatable bonds is 6. The maximum absolute atomic E-state index is 6.15. The number of halogens is 1. The van der Waals surface area contributed by atoms with E-state index in [9.17, 15) is 0 Å². The van der Waals surface area contributed by atoms with Crippen LogP contribution in [0, 0.1) is 0 Å². The summed E-state index contributed by atoms with van der Waals surface area (Å²) in [5, 5.41) is 4.21. The Balaban J connectivity index is 2.65. The van der Waals surface area contributed by atoms with Crippen LogP contribution >= 0.6 is 11.6 Å². The number of methoxy groups -OCH3 is 1. The molecular weight excluding hydrogens is 222 g/mol. The van der Waals surface area contributed by atoms with Crippen LogP contribution < -0.4 is 10.1 Å². The molecule has 0 saturated heterocycles. The van der Waals surface area contributed by atoms with Crippen molar-refractivity contribution in [2.45, 2.75) is 39.3 Å². The van der Waals surface area contributed by atoms with Crippen molar-refractivity contribution < 1.29 is 4.74 Å². The van der Waals surface area contributed by atoms with Crippen molar-refractivity contribution in [1.29, 1.82) is 0 Å². The van der Waals surface area contributed by atoms with Gasteiger partial charge in [-0.05, 0) is 25.5 Å². The quantitative estimate of drug-likeness (QED) is 0.821. The largest absolute Gasteiger partial charge is 0.496 e. The van der Waals surface area contributed by atoms with Crippen molar-refractivity contribution in [3.05, 3.63) is 28.8 Å². The third-order valence-corrected chi connectivity index (χ3v) is 3.00. The third-order valence-electron chi connectivity index (χ3n) is 2.64. The highest BCUT2D eigenvalue weighted by molar-refractivity contribution is 6.31. The summed E-state index contributed by atoms with van der Waals surface area (Å²) in [6.07, 6.45) is 2.36. The van der Waals surface area contributed by atoms with Gasteiger partial charge in [0.05, 0.1) is 7.11 Å². The maximum atomic E-state index is 6.15. The summed E-state index contributed by atoms with van der Waals surface area (Å²) in [4.78, 5) is 0. The van der Waals surface area contributed by atoms with Crippen molar-refractivity contribution in [1.82, 2.24) is 5.32 Å². The lowest BCUT2D eigenvalue weighted by Crippen LogP contribution is -2.25. The highest BCUT2D eigenvalue weighted by atomic mass is 35.5. The van der Waals surface area contributed by atoms with Crippen LogP contribution in [0.3, 0.4) is 0 Å². The second kappa shape index (κ2) is 6.77. The maximum Gasteiger partial charge on any atom is 0.124 e. The normalized spacial score (nSPS) is 12.5. The SMILES string of the molecule is CCCC(C)NCc1c(Cl)cccc1OC. The molecule has 0 bridgehead atoms. The zero-order chi connectivity index (χ0) is 12.0. The molecule has 1 atom stereocenters. The number of benzene rings is 1. The fourth-order valence-electron chi connectivity index (χ4n) is 1.71. The van der Waals surface area contributed by atoms with Gasteiger partial charge >= 0.3 is 0 Å². The second-order valence-corrected chi connectivity index (χ2v) is 4.40. The molecule has 1 aromatic carbocycles. The van der Waals surface area contributed by atoms with Crippen LogP contribution in [0.25, 0.3) is 0 Å². The minimum Gasteiger partial charge on any atom is -0.496 e. The van der Waals surface area contributed by atoms with E-state index in [0.29, 0.717) is 6.04 Å². The molecule has 1 N–H and O–H groups in total. The van der Waals surface area contributed by atoms with Crippen molar-refractivity contribution in [3.8, 4) is 5.75 Å². The molecule has 16 heavy (non-hydrogen) atoms. The van der Waals surface area contributed by atoms with Gasteiger partial charge in [0.1, 0.15) is 5.75 Å². The van der Waals surface area contributed by atoms with Crippen LogP contribution in [0.2, 0.25) is 5.02 Å². The van der Waals surface area contributed by atoms with E-state index in [1.807, 2.05) is 18.2 Å². The topological polar surface area (TPSA) is 21.3 Å². The third kappa shape index (κ3) is 3.69. The van der Waals surface area contributed by atoms with E-state index in [1.54, 1.807) is 7.11 Å². The average Bonchev–Trinajstić information content (AvgIpc) is 2.27. The summed E-state index contributed by atoms with van der Waals surface area (Å²) in [6, 6.07) is 6.24. The molecule has 0 aliphatic carbocycles. The minimum atomic E-state index is 0.506. The average molecular weight is 242 g/mol. The molecule has 3 heteroatoms. The Bertz CT molecular complexity index is 328. The molecular formula is C13H20ClNO. The molecule has 1 aromatic rings. The van der Waals surface area contributed by atoms with Crippen molar-refractivity contribution in [2.24, 2.45) is 0 Å². The number of hydrogen-bond donors (Lipinski definition) is 1. The summed E-state index contributed by atoms with van der Waals surface area (Å²) in [6.45, 7) is 5.13. The Morgan fingerprint density at radius 3 is 2.81 bits per heavy atom. The predicted molar refractivity (Wildman–Crippen MR) is 69.2 cm³/mol. The Morgan fingerprint density at radius 1 is 1.44 bits per heavy atom. The Morgan fingerprint density at radius 2 is 2.19 bits per heavy atom. The minimum absolute atomic E-state index is 0.506. The van der Waals surface area contributed by atoms with E-state index in [1.165, 1.54) is 12.8 Å². The van der Waals surface area contributed by atoms with Crippen LogP contribution in [0.15, 0.2) is 18.2 Å². The summed E-state index contributed by atoms with van der Waals surface area (Å²) in [5.41, 5.74) is 1.04. The molecule has 0 amide bonds. The number of nitrogens with one attached hydrogen (secondary N) is 1. The van der Waals surface area contributed by atoms with Gasteiger partial charge in [-0.1, -0.05) is 31.0 Å². The monoisotopic (exact) mass is 241 g/mol. The molecule has 0 saturated carbocycles. The highest BCUT2D eigenvalue weighted by Crippen LogP contribution is 2.26. The predicted octanol–water partition coefficient (Wildman–Crippen LogP) is 3.63. The summed E-state index contributed by atoms with van der Waals surface area (Å²) >= 11 is 6.15. The smallest absolute Gasteiger partial charge is 0.124 e. The molecule has 0 heterocycles. The fraction of sp³-hybridized carbons (Fsp3) is 0.538. The molecule has 1 rings (SSSR count). The molecule has 90 valence electrons. The molecule has 2 nitrogen and oxygen atoms in total. The van der Waals surface area contributed by atoms with Crippen molar-refractivity contribution in [3.63, 3.8) is 0 Å². The van der Waals surface area contributed by atoms with Gasteiger partial charge in [0, 0.05) is 23.2 Å². The molecule has 0 aromatic heterocycles. The zero-order valence-corrected chi connectivity index (χ0v) is 11.0. The fourth-order valence-corrected chi connectivity index (χ4v) is 1.95. The van der Waals surface area contributed by atoms with Crippen molar-refractivity contribution >= 4 is 11.6 Å². The zero-order valence-electron chi connectivity index (χ0n) is 10.2. The lowest BCUT2D eigenvalue weighted by Gasteiger charge is -2.15. The first-order valence-electron chi connectivity index (χ1n) is 5.73. The molecule has 0 radical (unpaired) electrons. The van der Waals surface area contributed by atoms with Gasteiger partial charge in [0.2, 0.25) is 0 Å². The second-order valence-electron chi connectivity index (χ2n) is 3.99. The first-order chi connectivity index (χ1) is 7.69. The first-order valence-corrected chi connectivity index (χ1v) is 6.11. The summed E-state index contributed by atoms with van der Waals surface area (Å²) in [5.74, 6) is 0.851. The van der Waals surface area contributed by atoms with Gasteiger partial charge in [-0.25, -0.2) is 0 Å². The highest BCUT2D eigenvalue weighted by Gasteiger charge is 2.08.